The third-order valence-electron chi connectivity index (χ3n) is 5.35. The van der Waals surface area contributed by atoms with Gasteiger partial charge in [0.25, 0.3) is 0 Å². The second-order valence-corrected chi connectivity index (χ2v) is 8.34. The van der Waals surface area contributed by atoms with Crippen molar-refractivity contribution in [1.82, 2.24) is 4.98 Å². The van der Waals surface area contributed by atoms with Gasteiger partial charge in [-0.2, -0.15) is 0 Å². The summed E-state index contributed by atoms with van der Waals surface area (Å²) in [6.45, 7) is 2.26. The van der Waals surface area contributed by atoms with Crippen LogP contribution in [0.4, 0.5) is 18.3 Å². The minimum atomic E-state index is -1.02. The Morgan fingerprint density at radius 2 is 1.81 bits per heavy atom. The predicted octanol–water partition coefficient (Wildman–Crippen LogP) is 6.22. The van der Waals surface area contributed by atoms with E-state index in [0.29, 0.717) is 27.5 Å². The molecule has 0 saturated carbocycles. The summed E-state index contributed by atoms with van der Waals surface area (Å²) in [5, 5.41) is 9.71. The van der Waals surface area contributed by atoms with Crippen molar-refractivity contribution in [3.63, 3.8) is 0 Å². The average Bonchev–Trinajstić information content (AvgIpc) is 3.20. The van der Waals surface area contributed by atoms with Gasteiger partial charge in [0.15, 0.2) is 5.13 Å². The number of nitrogens with zero attached hydrogens (tertiary/aromatic N) is 2. The summed E-state index contributed by atoms with van der Waals surface area (Å²) in [6, 6.07) is 14.4. The summed E-state index contributed by atoms with van der Waals surface area (Å²) in [6.07, 6.45) is 0.280. The molecule has 1 unspecified atom stereocenters. The van der Waals surface area contributed by atoms with E-state index in [1.165, 1.54) is 41.7 Å². The molecule has 1 N–H and O–H groups in total. The van der Waals surface area contributed by atoms with Gasteiger partial charge in [-0.05, 0) is 54.8 Å². The van der Waals surface area contributed by atoms with Crippen LogP contribution in [-0.2, 0) is 6.42 Å². The SMILES string of the molecule is CC(c1ccc(C(=O)O)cc1)N(CCc1ccc(F)cc1F)c1nc2cccc(F)c2s1. The van der Waals surface area contributed by atoms with E-state index in [4.69, 9.17) is 5.11 Å². The Bertz CT molecular complexity index is 1270. The highest BCUT2D eigenvalue weighted by molar-refractivity contribution is 7.22. The maximum atomic E-state index is 14.3. The van der Waals surface area contributed by atoms with Crippen LogP contribution in [0.15, 0.2) is 60.7 Å². The lowest BCUT2D eigenvalue weighted by molar-refractivity contribution is 0.0697. The molecular formula is C24H19F3N2O2S. The summed E-state index contributed by atoms with van der Waals surface area (Å²) in [4.78, 5) is 17.7. The Balaban J connectivity index is 1.69. The van der Waals surface area contributed by atoms with Crippen LogP contribution in [0, 0.1) is 17.5 Å². The standard InChI is InChI=1S/C24H19F3N2O2S/c1-14(15-5-7-17(8-6-15)23(30)31)29(12-11-16-9-10-18(25)13-20(16)27)24-28-21-4-2-3-19(26)22(21)32-24/h2-10,13-14H,11-12H2,1H3,(H,30,31). The van der Waals surface area contributed by atoms with Crippen molar-refractivity contribution in [2.24, 2.45) is 0 Å². The van der Waals surface area contributed by atoms with Gasteiger partial charge in [-0.15, -0.1) is 0 Å². The maximum absolute atomic E-state index is 14.3. The molecule has 4 rings (SSSR count). The van der Waals surface area contributed by atoms with Crippen LogP contribution in [0.5, 0.6) is 0 Å². The number of benzene rings is 3. The fourth-order valence-corrected chi connectivity index (χ4v) is 4.61. The fourth-order valence-electron chi connectivity index (χ4n) is 3.53. The number of halogens is 3. The molecule has 0 aliphatic heterocycles. The lowest BCUT2D eigenvalue weighted by Gasteiger charge is -2.29. The monoisotopic (exact) mass is 456 g/mol. The quantitative estimate of drug-likeness (QED) is 0.359. The van der Waals surface area contributed by atoms with Gasteiger partial charge in [0, 0.05) is 12.6 Å². The number of thiazole rings is 1. The van der Waals surface area contributed by atoms with Gasteiger partial charge in [-0.25, -0.2) is 22.9 Å². The number of hydrogen-bond acceptors (Lipinski definition) is 4. The highest BCUT2D eigenvalue weighted by atomic mass is 32.1. The Labute approximate surface area is 186 Å². The first-order valence-electron chi connectivity index (χ1n) is 9.92. The van der Waals surface area contributed by atoms with E-state index < -0.39 is 17.6 Å². The zero-order chi connectivity index (χ0) is 22.8. The first kappa shape index (κ1) is 21.8. The van der Waals surface area contributed by atoms with E-state index in [1.54, 1.807) is 24.3 Å². The first-order valence-corrected chi connectivity index (χ1v) is 10.7. The predicted molar refractivity (Wildman–Crippen MR) is 119 cm³/mol. The molecule has 32 heavy (non-hydrogen) atoms. The number of aromatic nitrogens is 1. The number of carboxylic acids is 1. The normalized spacial score (nSPS) is 12.1. The van der Waals surface area contributed by atoms with Crippen LogP contribution >= 0.6 is 11.3 Å². The molecule has 0 amide bonds. The summed E-state index contributed by atoms with van der Waals surface area (Å²) in [5.41, 5.74) is 1.88. The Kier molecular flexibility index (Phi) is 6.14. The molecule has 0 aliphatic carbocycles. The highest BCUT2D eigenvalue weighted by Gasteiger charge is 2.22. The third-order valence-corrected chi connectivity index (χ3v) is 6.46. The smallest absolute Gasteiger partial charge is 0.335 e. The molecule has 4 nitrogen and oxygen atoms in total. The lowest BCUT2D eigenvalue weighted by atomic mass is 10.0. The van der Waals surface area contributed by atoms with Crippen LogP contribution < -0.4 is 4.90 Å². The van der Waals surface area contributed by atoms with E-state index in [9.17, 15) is 18.0 Å². The molecule has 8 heteroatoms. The third kappa shape index (κ3) is 4.45. The molecule has 1 atom stereocenters. The van der Waals surface area contributed by atoms with E-state index in [2.05, 4.69) is 4.98 Å². The topological polar surface area (TPSA) is 53.4 Å². The van der Waals surface area contributed by atoms with Gasteiger partial charge in [0.05, 0.1) is 21.8 Å². The molecule has 0 saturated heterocycles. The molecular weight excluding hydrogens is 437 g/mol. The largest absolute Gasteiger partial charge is 0.478 e. The van der Waals surface area contributed by atoms with Crippen molar-refractivity contribution < 1.29 is 23.1 Å². The zero-order valence-corrected chi connectivity index (χ0v) is 17.9. The molecule has 0 spiro atoms. The minimum absolute atomic E-state index is 0.169. The lowest BCUT2D eigenvalue weighted by Crippen LogP contribution is -2.29. The van der Waals surface area contributed by atoms with Crippen molar-refractivity contribution in [1.29, 1.82) is 0 Å². The van der Waals surface area contributed by atoms with Gasteiger partial charge in [-0.1, -0.05) is 35.6 Å². The van der Waals surface area contributed by atoms with Crippen molar-refractivity contribution in [3.05, 3.63) is 94.8 Å². The van der Waals surface area contributed by atoms with Gasteiger partial charge >= 0.3 is 5.97 Å². The molecule has 0 aliphatic rings. The summed E-state index contributed by atoms with van der Waals surface area (Å²) in [5.74, 6) is -2.65. The fraction of sp³-hybridized carbons (Fsp3) is 0.167. The number of hydrogen-bond donors (Lipinski definition) is 1. The Morgan fingerprint density at radius 1 is 1.06 bits per heavy atom. The average molecular weight is 456 g/mol. The summed E-state index contributed by atoms with van der Waals surface area (Å²) < 4.78 is 42.1. The van der Waals surface area contributed by atoms with Crippen LogP contribution in [0.1, 0.15) is 34.5 Å². The molecule has 4 aromatic rings. The van der Waals surface area contributed by atoms with Crippen LogP contribution in [0.25, 0.3) is 10.2 Å². The molecule has 1 heterocycles. The van der Waals surface area contributed by atoms with Crippen molar-refractivity contribution >= 4 is 32.7 Å². The van der Waals surface area contributed by atoms with Crippen LogP contribution in [0.2, 0.25) is 0 Å². The van der Waals surface area contributed by atoms with E-state index in [1.807, 2.05) is 11.8 Å². The molecule has 1 aromatic heterocycles. The minimum Gasteiger partial charge on any atom is -0.478 e. The highest BCUT2D eigenvalue weighted by Crippen LogP contribution is 2.35. The van der Waals surface area contributed by atoms with Crippen LogP contribution in [-0.4, -0.2) is 22.6 Å². The molecule has 3 aromatic carbocycles. The number of fused-ring (bicyclic) bond motifs is 1. The summed E-state index contributed by atoms with van der Waals surface area (Å²) >= 11 is 1.20. The molecule has 0 bridgehead atoms. The second-order valence-electron chi connectivity index (χ2n) is 7.37. The van der Waals surface area contributed by atoms with E-state index in [-0.39, 0.29) is 23.8 Å². The van der Waals surface area contributed by atoms with E-state index >= 15 is 0 Å². The molecule has 0 radical (unpaired) electrons. The maximum Gasteiger partial charge on any atom is 0.335 e. The number of anilines is 1. The zero-order valence-electron chi connectivity index (χ0n) is 17.1. The number of carbonyl (C=O) groups is 1. The second kappa shape index (κ2) is 9.00. The van der Waals surface area contributed by atoms with Gasteiger partial charge in [0.1, 0.15) is 17.5 Å². The number of aromatic carboxylic acids is 1. The Hall–Kier alpha value is -3.39. The van der Waals surface area contributed by atoms with Crippen molar-refractivity contribution in [2.75, 3.05) is 11.4 Å². The van der Waals surface area contributed by atoms with Crippen LogP contribution in [0.3, 0.4) is 0 Å². The van der Waals surface area contributed by atoms with Gasteiger partial charge < -0.3 is 10.0 Å². The number of carboxylic acid groups (broad SMARTS) is 1. The molecule has 0 fully saturated rings. The van der Waals surface area contributed by atoms with Gasteiger partial charge in [-0.3, -0.25) is 0 Å². The molecule has 164 valence electrons. The van der Waals surface area contributed by atoms with Crippen molar-refractivity contribution in [3.8, 4) is 0 Å². The van der Waals surface area contributed by atoms with Crippen molar-refractivity contribution in [2.45, 2.75) is 19.4 Å². The van der Waals surface area contributed by atoms with Gasteiger partial charge in [0.2, 0.25) is 0 Å². The Morgan fingerprint density at radius 3 is 2.47 bits per heavy atom. The van der Waals surface area contributed by atoms with E-state index in [0.717, 1.165) is 11.6 Å². The number of rotatable bonds is 7. The summed E-state index contributed by atoms with van der Waals surface area (Å²) in [7, 11) is 0. The first-order chi connectivity index (χ1) is 15.3.